The number of rotatable bonds is 1. The number of benzene rings is 2. The van der Waals surface area contributed by atoms with Crippen LogP contribution in [0.1, 0.15) is 5.56 Å². The monoisotopic (exact) mass is 325 g/mol. The van der Waals surface area contributed by atoms with E-state index in [1.165, 1.54) is 12.1 Å². The maximum Gasteiger partial charge on any atom is 0.419 e. The van der Waals surface area contributed by atoms with E-state index >= 15 is 0 Å². The van der Waals surface area contributed by atoms with Gasteiger partial charge in [0.2, 0.25) is 0 Å². The normalized spacial score (nSPS) is 11.9. The van der Waals surface area contributed by atoms with Crippen molar-refractivity contribution in [2.24, 2.45) is 0 Å². The van der Waals surface area contributed by atoms with E-state index in [1.807, 2.05) is 0 Å². The molecule has 0 aliphatic heterocycles. The van der Waals surface area contributed by atoms with Crippen LogP contribution in [0.2, 0.25) is 0 Å². The number of aromatic hydroxyl groups is 1. The van der Waals surface area contributed by atoms with Gasteiger partial charge in [-0.1, -0.05) is 12.1 Å². The summed E-state index contributed by atoms with van der Waals surface area (Å²) in [6, 6.07) is 6.63. The average molecular weight is 325 g/mol. The Balaban J connectivity index is 2.28. The molecule has 7 heteroatoms. The van der Waals surface area contributed by atoms with E-state index in [-0.39, 0.29) is 5.39 Å². The highest BCUT2D eigenvalue weighted by atomic mass is 19.4. The summed E-state index contributed by atoms with van der Waals surface area (Å²) >= 11 is 0. The van der Waals surface area contributed by atoms with Gasteiger partial charge in [0.15, 0.2) is 17.4 Å². The minimum Gasteiger partial charge on any atom is -0.505 e. The first-order valence-corrected chi connectivity index (χ1v) is 6.42. The van der Waals surface area contributed by atoms with Crippen LogP contribution in [0.25, 0.3) is 22.0 Å². The highest BCUT2D eigenvalue weighted by Gasteiger charge is 2.35. The van der Waals surface area contributed by atoms with E-state index in [0.717, 1.165) is 24.4 Å². The topological polar surface area (TPSA) is 33.1 Å². The molecule has 2 nitrogen and oxygen atoms in total. The zero-order chi connectivity index (χ0) is 16.8. The lowest BCUT2D eigenvalue weighted by atomic mass is 9.99. The van der Waals surface area contributed by atoms with Gasteiger partial charge < -0.3 is 5.11 Å². The predicted molar refractivity (Wildman–Crippen MR) is 73.8 cm³/mol. The van der Waals surface area contributed by atoms with Gasteiger partial charge in [0.1, 0.15) is 5.52 Å². The van der Waals surface area contributed by atoms with Crippen LogP contribution < -0.4 is 0 Å². The molecule has 0 amide bonds. The van der Waals surface area contributed by atoms with E-state index in [4.69, 9.17) is 0 Å². The highest BCUT2D eigenvalue weighted by molar-refractivity contribution is 5.95. The van der Waals surface area contributed by atoms with E-state index in [0.29, 0.717) is 17.2 Å². The Morgan fingerprint density at radius 2 is 1.70 bits per heavy atom. The Kier molecular flexibility index (Phi) is 3.43. The maximum absolute atomic E-state index is 14.1. The van der Waals surface area contributed by atoms with Gasteiger partial charge in [-0.15, -0.1) is 0 Å². The van der Waals surface area contributed by atoms with Crippen molar-refractivity contribution in [3.05, 3.63) is 59.8 Å². The molecule has 0 fully saturated rings. The van der Waals surface area contributed by atoms with E-state index in [2.05, 4.69) is 4.98 Å². The summed E-state index contributed by atoms with van der Waals surface area (Å²) in [4.78, 5) is 3.67. The molecule has 3 rings (SSSR count). The van der Waals surface area contributed by atoms with E-state index < -0.39 is 34.6 Å². The molecule has 1 heterocycles. The predicted octanol–water partition coefficient (Wildman–Crippen LogP) is 4.90. The maximum atomic E-state index is 14.1. The summed E-state index contributed by atoms with van der Waals surface area (Å²) in [6.45, 7) is 0. The summed E-state index contributed by atoms with van der Waals surface area (Å²) in [7, 11) is 0. The van der Waals surface area contributed by atoms with Crippen molar-refractivity contribution in [2.75, 3.05) is 0 Å². The van der Waals surface area contributed by atoms with Gasteiger partial charge in [-0.25, -0.2) is 8.78 Å². The number of hydrogen-bond donors (Lipinski definition) is 1. The van der Waals surface area contributed by atoms with Crippen molar-refractivity contribution < 1.29 is 27.1 Å². The summed E-state index contributed by atoms with van der Waals surface area (Å²) in [5.41, 5.74) is -1.19. The average Bonchev–Trinajstić information content (AvgIpc) is 2.49. The number of nitrogens with zero attached hydrogens (tertiary/aromatic N) is 1. The molecule has 1 aromatic heterocycles. The van der Waals surface area contributed by atoms with Gasteiger partial charge in [-0.05, 0) is 35.4 Å². The lowest BCUT2D eigenvalue weighted by molar-refractivity contribution is -0.139. The second-order valence-electron chi connectivity index (χ2n) is 4.85. The number of pyridine rings is 1. The molecule has 2 aromatic carbocycles. The molecule has 0 saturated carbocycles. The SMILES string of the molecule is Oc1cc(-c2ccnc3c(F)c(C(F)(F)F)ccc23)ccc1F. The third kappa shape index (κ3) is 2.58. The fourth-order valence-electron chi connectivity index (χ4n) is 2.34. The first kappa shape index (κ1) is 15.2. The standard InChI is InChI=1S/C16H8F5NO/c17-12-4-1-8(7-13(12)23)9-5-6-22-15-10(9)2-3-11(14(15)18)16(19,20)21/h1-7,23H. The van der Waals surface area contributed by atoms with Gasteiger partial charge in [-0.3, -0.25) is 4.98 Å². The van der Waals surface area contributed by atoms with Crippen LogP contribution in [-0.2, 0) is 6.18 Å². The number of phenols is 1. The molecule has 0 aliphatic carbocycles. The zero-order valence-corrected chi connectivity index (χ0v) is 11.3. The fourth-order valence-corrected chi connectivity index (χ4v) is 2.34. The molecule has 23 heavy (non-hydrogen) atoms. The molecule has 0 bridgehead atoms. The van der Waals surface area contributed by atoms with Crippen LogP contribution in [0.5, 0.6) is 5.75 Å². The second-order valence-corrected chi connectivity index (χ2v) is 4.85. The number of hydrogen-bond acceptors (Lipinski definition) is 2. The molecular weight excluding hydrogens is 317 g/mol. The van der Waals surface area contributed by atoms with Crippen molar-refractivity contribution in [3.8, 4) is 16.9 Å². The molecule has 0 spiro atoms. The lowest BCUT2D eigenvalue weighted by Crippen LogP contribution is -2.08. The molecule has 0 aliphatic rings. The molecule has 3 aromatic rings. The zero-order valence-electron chi connectivity index (χ0n) is 11.3. The van der Waals surface area contributed by atoms with Crippen LogP contribution in [0.15, 0.2) is 42.6 Å². The minimum atomic E-state index is -4.83. The minimum absolute atomic E-state index is 0.129. The Hall–Kier alpha value is -2.70. The molecule has 0 radical (unpaired) electrons. The summed E-state index contributed by atoms with van der Waals surface area (Å²) < 4.78 is 65.5. The molecule has 0 saturated heterocycles. The van der Waals surface area contributed by atoms with Gasteiger partial charge in [-0.2, -0.15) is 13.2 Å². The molecule has 1 N–H and O–H groups in total. The number of fused-ring (bicyclic) bond motifs is 1. The van der Waals surface area contributed by atoms with Crippen LogP contribution in [0, 0.1) is 11.6 Å². The first-order chi connectivity index (χ1) is 10.8. The molecule has 0 unspecified atom stereocenters. The number of phenolic OH excluding ortho intramolecular Hbond substituents is 1. The second kappa shape index (κ2) is 5.19. The van der Waals surface area contributed by atoms with E-state index in [9.17, 15) is 27.1 Å². The van der Waals surface area contributed by atoms with Crippen molar-refractivity contribution >= 4 is 10.9 Å². The lowest BCUT2D eigenvalue weighted by Gasteiger charge is -2.12. The summed E-state index contributed by atoms with van der Waals surface area (Å²) in [5, 5.41) is 9.55. The Bertz CT molecular complexity index is 905. The molecular formula is C16H8F5NO. The van der Waals surface area contributed by atoms with Crippen LogP contribution >= 0.6 is 0 Å². The largest absolute Gasteiger partial charge is 0.505 e. The van der Waals surface area contributed by atoms with Crippen molar-refractivity contribution in [3.63, 3.8) is 0 Å². The van der Waals surface area contributed by atoms with Crippen molar-refractivity contribution in [1.29, 1.82) is 0 Å². The number of halogens is 5. The Morgan fingerprint density at radius 1 is 0.957 bits per heavy atom. The van der Waals surface area contributed by atoms with Gasteiger partial charge >= 0.3 is 6.18 Å². The number of alkyl halides is 3. The molecule has 118 valence electrons. The third-order valence-electron chi connectivity index (χ3n) is 3.41. The Labute approximate surface area is 126 Å². The van der Waals surface area contributed by atoms with E-state index in [1.54, 1.807) is 0 Å². The fraction of sp³-hybridized carbons (Fsp3) is 0.0625. The van der Waals surface area contributed by atoms with Gasteiger partial charge in [0, 0.05) is 11.6 Å². The van der Waals surface area contributed by atoms with Crippen molar-refractivity contribution in [2.45, 2.75) is 6.18 Å². The molecule has 0 atom stereocenters. The van der Waals surface area contributed by atoms with Gasteiger partial charge in [0.05, 0.1) is 5.56 Å². The summed E-state index contributed by atoms with van der Waals surface area (Å²) in [6.07, 6.45) is -3.68. The highest BCUT2D eigenvalue weighted by Crippen LogP contribution is 2.37. The number of aromatic nitrogens is 1. The Morgan fingerprint density at radius 3 is 2.35 bits per heavy atom. The first-order valence-electron chi connectivity index (χ1n) is 6.42. The van der Waals surface area contributed by atoms with Gasteiger partial charge in [0.25, 0.3) is 0 Å². The van der Waals surface area contributed by atoms with Crippen LogP contribution in [-0.4, -0.2) is 10.1 Å². The van der Waals surface area contributed by atoms with Crippen molar-refractivity contribution in [1.82, 2.24) is 4.98 Å². The summed E-state index contributed by atoms with van der Waals surface area (Å²) in [5.74, 6) is -2.92. The van der Waals surface area contributed by atoms with Crippen LogP contribution in [0.4, 0.5) is 22.0 Å². The quantitative estimate of drug-likeness (QED) is 0.645. The van der Waals surface area contributed by atoms with Crippen LogP contribution in [0.3, 0.4) is 0 Å². The smallest absolute Gasteiger partial charge is 0.419 e. The third-order valence-corrected chi connectivity index (χ3v) is 3.41.